The molecular weight excluding hydrogens is 767 g/mol. The fourth-order valence-corrected chi connectivity index (χ4v) is 8.36. The van der Waals surface area contributed by atoms with Crippen LogP contribution in [0, 0.1) is 6.85 Å². The third-order valence-corrected chi connectivity index (χ3v) is 11.9. The first-order chi connectivity index (χ1) is 34.8. The van der Waals surface area contributed by atoms with E-state index in [4.69, 9.17) is 20.1 Å². The Morgan fingerprint density at radius 1 is 0.667 bits per heavy atom. The number of phenolic OH excluding ortho intramolecular Hbond substituents is 1. The van der Waals surface area contributed by atoms with Gasteiger partial charge in [-0.15, -0.1) is 0 Å². The molecule has 0 fully saturated rings. The molecule has 0 saturated heterocycles. The molecule has 2 heterocycles. The standard InChI is InChI=1S/C59H63N3O/c1-35(2)43-32-50(38(7)8)57(63)51(33-43)58-61-56-49(44-29-45(31-46(30-44)59(10,11)12)52-34-41(26-27-60-52)40-18-14-13-15-19-40)22-17-23-54(56)62(58)53-25-24-42(28-39(53)9)55-47(36(3)4)20-16-21-48(55)37(5)6/h13-38,63H,1-12H3/i9D3,13D,14D,15D,18D,19D,26D,27D,34D,36D. The fourth-order valence-electron chi connectivity index (χ4n) is 8.36. The highest BCUT2D eigenvalue weighted by atomic mass is 16.3. The number of aryl methyl sites for hydroxylation is 1. The number of imidazole rings is 1. The van der Waals surface area contributed by atoms with E-state index in [9.17, 15) is 6.48 Å². The lowest BCUT2D eigenvalue weighted by Gasteiger charge is -2.22. The molecule has 0 aliphatic carbocycles. The van der Waals surface area contributed by atoms with Crippen LogP contribution < -0.4 is 0 Å². The SMILES string of the molecule is [2H]c1nc(-c2cc(-c3cccc4c3nc(-c3cc(C(C)C)cc(C(C)C)c3O)n4-c3ccc(-c4c(C(C)C)cccc4C([2H])(C)C)cc3C([2H])([2H])[2H])cc(C(C)(C)C)c2)c([2H])c(-c2c([2H])c([2H])c([2H])c([2H])c2[2H])c1[2H]. The maximum Gasteiger partial charge on any atom is 0.149 e. The molecule has 4 heteroatoms. The molecule has 0 radical (unpaired) electrons. The minimum atomic E-state index is -2.67. The molecule has 8 aromatic rings. The number of fused-ring (bicyclic) bond motifs is 1. The van der Waals surface area contributed by atoms with E-state index >= 15 is 0 Å². The molecule has 4 nitrogen and oxygen atoms in total. The molecule has 63 heavy (non-hydrogen) atoms. The monoisotopic (exact) mass is 842 g/mol. The van der Waals surface area contributed by atoms with E-state index in [1.165, 1.54) is 0 Å². The molecule has 1 N–H and O–H groups in total. The lowest BCUT2D eigenvalue weighted by molar-refractivity contribution is 0.466. The first kappa shape index (κ1) is 30.7. The van der Waals surface area contributed by atoms with Crippen LogP contribution in [-0.2, 0) is 5.41 Å². The average Bonchev–Trinajstić information content (AvgIpc) is 3.73. The number of pyridine rings is 1. The molecule has 0 atom stereocenters. The van der Waals surface area contributed by atoms with Crippen LogP contribution in [-0.4, -0.2) is 19.6 Å². The summed E-state index contributed by atoms with van der Waals surface area (Å²) in [5, 5.41) is 12.4. The third-order valence-electron chi connectivity index (χ3n) is 11.9. The molecule has 0 amide bonds. The topological polar surface area (TPSA) is 50.9 Å². The van der Waals surface area contributed by atoms with E-state index in [1.54, 1.807) is 22.8 Å². The van der Waals surface area contributed by atoms with E-state index in [2.05, 4.69) is 32.7 Å². The Kier molecular flexibility index (Phi) is 8.36. The number of benzene rings is 6. The van der Waals surface area contributed by atoms with Crippen LogP contribution in [0.25, 0.3) is 72.7 Å². The van der Waals surface area contributed by atoms with E-state index in [0.29, 0.717) is 55.9 Å². The van der Waals surface area contributed by atoms with Crippen molar-refractivity contribution >= 4 is 11.0 Å². The van der Waals surface area contributed by atoms with Gasteiger partial charge in [-0.05, 0) is 146 Å². The third kappa shape index (κ3) is 8.36. The minimum Gasteiger partial charge on any atom is -0.507 e. The maximum absolute atomic E-state index is 12.4. The highest BCUT2D eigenvalue weighted by Crippen LogP contribution is 2.44. The molecule has 6 aromatic carbocycles. The maximum atomic E-state index is 12.4. The van der Waals surface area contributed by atoms with Gasteiger partial charge in [0, 0.05) is 22.8 Å². The van der Waals surface area contributed by atoms with Crippen molar-refractivity contribution in [3.8, 4) is 67.5 Å². The highest BCUT2D eigenvalue weighted by Gasteiger charge is 2.26. The summed E-state index contributed by atoms with van der Waals surface area (Å²) >= 11 is 0. The molecule has 320 valence electrons. The Balaban J connectivity index is 1.48. The van der Waals surface area contributed by atoms with Crippen LogP contribution in [0.5, 0.6) is 5.75 Å². The number of nitrogens with zero attached hydrogens (tertiary/aromatic N) is 3. The molecule has 8 rings (SSSR count). The van der Waals surface area contributed by atoms with Gasteiger partial charge < -0.3 is 5.11 Å². The van der Waals surface area contributed by atoms with Gasteiger partial charge in [-0.25, -0.2) is 4.98 Å². The van der Waals surface area contributed by atoms with Gasteiger partial charge in [0.25, 0.3) is 0 Å². The average molecular weight is 842 g/mol. The summed E-state index contributed by atoms with van der Waals surface area (Å²) in [7, 11) is 0. The molecule has 0 aliphatic heterocycles. The van der Waals surface area contributed by atoms with Crippen LogP contribution in [0.4, 0.5) is 0 Å². The summed E-state index contributed by atoms with van der Waals surface area (Å²) in [5.41, 5.74) is 7.70. The smallest absolute Gasteiger partial charge is 0.149 e. The van der Waals surface area contributed by atoms with Crippen LogP contribution in [0.3, 0.4) is 0 Å². The zero-order valence-corrected chi connectivity index (χ0v) is 38.1. The highest BCUT2D eigenvalue weighted by molar-refractivity contribution is 5.97. The molecule has 2 aromatic heterocycles. The second-order valence-electron chi connectivity index (χ2n) is 18.7. The van der Waals surface area contributed by atoms with E-state index in [0.717, 1.165) is 27.8 Å². The Morgan fingerprint density at radius 2 is 1.38 bits per heavy atom. The summed E-state index contributed by atoms with van der Waals surface area (Å²) in [6.45, 7) is 19.3. The summed E-state index contributed by atoms with van der Waals surface area (Å²) in [5.74, 6) is -0.690. The van der Waals surface area contributed by atoms with Gasteiger partial charge in [0.1, 0.15) is 11.6 Å². The molecule has 0 aliphatic rings. The number of rotatable bonds is 10. The largest absolute Gasteiger partial charge is 0.507 e. The Bertz CT molecular complexity index is 3570. The van der Waals surface area contributed by atoms with Crippen molar-refractivity contribution in [2.45, 2.75) is 112 Å². The van der Waals surface area contributed by atoms with E-state index in [-0.39, 0.29) is 45.9 Å². The fraction of sp³-hybridized carbons (Fsp3) is 0.288. The van der Waals surface area contributed by atoms with Gasteiger partial charge in [-0.1, -0.05) is 155 Å². The van der Waals surface area contributed by atoms with Gasteiger partial charge in [0.2, 0.25) is 0 Å². The van der Waals surface area contributed by atoms with Crippen LogP contribution in [0.1, 0.15) is 150 Å². The van der Waals surface area contributed by atoms with Crippen LogP contribution in [0.15, 0.2) is 133 Å². The Labute approximate surface area is 392 Å². The van der Waals surface area contributed by atoms with Crippen molar-refractivity contribution in [2.75, 3.05) is 0 Å². The number of para-hydroxylation sites is 1. The molecule has 0 spiro atoms. The molecular formula is C59H63N3O. The zero-order chi connectivity index (χ0) is 55.3. The van der Waals surface area contributed by atoms with E-state index in [1.807, 2.05) is 115 Å². The number of hydrogen-bond acceptors (Lipinski definition) is 3. The first-order valence-corrected chi connectivity index (χ1v) is 21.7. The predicted octanol–water partition coefficient (Wildman–Crippen LogP) is 16.6. The second-order valence-corrected chi connectivity index (χ2v) is 18.7. The van der Waals surface area contributed by atoms with Gasteiger partial charge in [-0.2, -0.15) is 0 Å². The Morgan fingerprint density at radius 3 is 2.06 bits per heavy atom. The van der Waals surface area contributed by atoms with Gasteiger partial charge >= 0.3 is 0 Å². The van der Waals surface area contributed by atoms with Gasteiger partial charge in [-0.3, -0.25) is 9.55 Å². The lowest BCUT2D eigenvalue weighted by Crippen LogP contribution is -2.11. The normalized spacial score (nSPS) is 15.2. The molecule has 0 unspecified atom stereocenters. The minimum absolute atomic E-state index is 0.0118. The van der Waals surface area contributed by atoms with E-state index < -0.39 is 66.6 Å². The second kappa shape index (κ2) is 17.1. The molecule has 0 saturated carbocycles. The predicted molar refractivity (Wildman–Crippen MR) is 268 cm³/mol. The van der Waals surface area contributed by atoms with Crippen molar-refractivity contribution in [1.82, 2.24) is 14.5 Å². The van der Waals surface area contributed by atoms with Crippen LogP contribution >= 0.6 is 0 Å². The number of aromatic hydroxyl groups is 1. The van der Waals surface area contributed by atoms with Gasteiger partial charge in [0.05, 0.1) is 38.9 Å². The number of aromatic nitrogens is 3. The van der Waals surface area contributed by atoms with Crippen molar-refractivity contribution < 1.29 is 21.6 Å². The first-order valence-electron chi connectivity index (χ1n) is 27.7. The quantitative estimate of drug-likeness (QED) is 0.149. The summed E-state index contributed by atoms with van der Waals surface area (Å²) in [4.78, 5) is 9.86. The lowest BCUT2D eigenvalue weighted by atomic mass is 9.83. The summed E-state index contributed by atoms with van der Waals surface area (Å²) in [6, 6.07) is 22.3. The van der Waals surface area contributed by atoms with Crippen molar-refractivity contribution in [3.05, 3.63) is 167 Å². The molecule has 0 bridgehead atoms. The van der Waals surface area contributed by atoms with Crippen molar-refractivity contribution in [1.29, 1.82) is 0 Å². The summed E-state index contributed by atoms with van der Waals surface area (Å²) < 4.78 is 108. The van der Waals surface area contributed by atoms with Crippen LogP contribution in [0.2, 0.25) is 0 Å². The summed E-state index contributed by atoms with van der Waals surface area (Å²) in [6.07, 6.45) is -0.552. The number of hydrogen-bond donors (Lipinski definition) is 1. The van der Waals surface area contributed by atoms with Crippen molar-refractivity contribution in [3.63, 3.8) is 0 Å². The Hall–Kier alpha value is -6.26. The van der Waals surface area contributed by atoms with Crippen molar-refractivity contribution in [2.24, 2.45) is 0 Å². The number of phenols is 1. The zero-order valence-electron chi connectivity index (χ0n) is 50.1. The van der Waals surface area contributed by atoms with Gasteiger partial charge in [0.15, 0.2) is 0 Å².